The Balaban J connectivity index is 0.678. The number of methoxy groups -OCH3 is 1. The van der Waals surface area contributed by atoms with E-state index in [1.54, 1.807) is 54.7 Å². The van der Waals surface area contributed by atoms with E-state index < -0.39 is 59.5 Å². The van der Waals surface area contributed by atoms with Crippen molar-refractivity contribution in [3.05, 3.63) is 131 Å². The number of likely N-dealkylation sites (tertiary alicyclic amines) is 1. The van der Waals surface area contributed by atoms with E-state index in [2.05, 4.69) is 54.3 Å². The monoisotopic (exact) mass is 1110 g/mol. The standard InChI is InChI=1S/C62H66N8O10S/c1-34-54(81-33-65-34)36-21-19-35(20-22-36)30-63-57(73)46-28-38(71)32-68(46)60(76)55(61(2,3)4)66-47(72)23-24-78-25-26-79-39-14-12-13-37(27-39)59(75)67(6)45-29-48-69-43-17-10-8-15-40(43)50-51-42(31-64-58(51)74)49-41-16-9-11-18-44(41)70(53(49)52(50)69)62(5,80-48)56(45)77-7/h8-22,27,33,38,45-46,48,55-56,71H,23-26,28-32H2,1-7H3,(H,63,73)(H,64,74)(H,66,72)/t38-,45-,46+,48-,55-,56-,62+/m1/s1. The summed E-state index contributed by atoms with van der Waals surface area (Å²) in [6.45, 7) is 10.5. The fourth-order valence-electron chi connectivity index (χ4n) is 13.0. The third-order valence-corrected chi connectivity index (χ3v) is 17.8. The number of para-hydroxylation sites is 2. The number of fused-ring (bicyclic) bond motifs is 13. The van der Waals surface area contributed by atoms with Gasteiger partial charge in [-0.2, -0.15) is 0 Å². The van der Waals surface area contributed by atoms with E-state index in [0.717, 1.165) is 70.9 Å². The Labute approximate surface area is 472 Å². The van der Waals surface area contributed by atoms with Gasteiger partial charge in [0.2, 0.25) is 17.7 Å². The van der Waals surface area contributed by atoms with Crippen molar-refractivity contribution < 1.29 is 48.0 Å². The Hall–Kier alpha value is -7.68. The fraction of sp³-hybridized carbons (Fsp3) is 0.387. The lowest BCUT2D eigenvalue weighted by Crippen LogP contribution is -2.61. The van der Waals surface area contributed by atoms with Crippen LogP contribution in [0.1, 0.15) is 90.7 Å². The number of aryl methyl sites for hydroxylation is 1. The minimum Gasteiger partial charge on any atom is -0.491 e. The zero-order valence-corrected chi connectivity index (χ0v) is 47.2. The molecule has 420 valence electrons. The number of carbonyl (C=O) groups is 5. The number of hydrogen-bond acceptors (Lipinski definition) is 12. The van der Waals surface area contributed by atoms with Crippen LogP contribution in [0.3, 0.4) is 0 Å². The van der Waals surface area contributed by atoms with Crippen LogP contribution in [0.4, 0.5) is 0 Å². The lowest BCUT2D eigenvalue weighted by molar-refractivity contribution is -0.264. The molecule has 81 heavy (non-hydrogen) atoms. The molecule has 0 saturated carbocycles. The number of rotatable bonds is 16. The maximum absolute atomic E-state index is 14.8. The predicted octanol–water partition coefficient (Wildman–Crippen LogP) is 7.93. The summed E-state index contributed by atoms with van der Waals surface area (Å²) in [5.41, 5.74) is 8.67. The first-order valence-corrected chi connectivity index (χ1v) is 28.5. The van der Waals surface area contributed by atoms with Crippen LogP contribution in [0.2, 0.25) is 0 Å². The van der Waals surface area contributed by atoms with Crippen molar-refractivity contribution >= 4 is 84.5 Å². The van der Waals surface area contributed by atoms with Crippen LogP contribution in [-0.2, 0) is 47.4 Å². The highest BCUT2D eigenvalue weighted by atomic mass is 32.1. The second kappa shape index (κ2) is 21.0. The molecule has 18 nitrogen and oxygen atoms in total. The van der Waals surface area contributed by atoms with Crippen LogP contribution < -0.4 is 20.7 Å². The molecular formula is C62H66N8O10S. The van der Waals surface area contributed by atoms with Gasteiger partial charge >= 0.3 is 0 Å². The summed E-state index contributed by atoms with van der Waals surface area (Å²) in [5, 5.41) is 23.5. The summed E-state index contributed by atoms with van der Waals surface area (Å²) in [7, 11) is 3.46. The number of β-amino-alcohol motifs (C(OH)–C–C–N with tert-alkyl or cyclic N) is 1. The molecular weight excluding hydrogens is 1050 g/mol. The Morgan fingerprint density at radius 1 is 0.938 bits per heavy atom. The zero-order valence-electron chi connectivity index (χ0n) is 46.4. The Morgan fingerprint density at radius 3 is 2.41 bits per heavy atom. The van der Waals surface area contributed by atoms with E-state index in [1.165, 1.54) is 4.90 Å². The molecule has 2 bridgehead atoms. The van der Waals surface area contributed by atoms with Gasteiger partial charge in [0.25, 0.3) is 11.8 Å². The molecule has 4 aliphatic heterocycles. The van der Waals surface area contributed by atoms with Crippen LogP contribution in [-0.4, -0.2) is 129 Å². The molecule has 8 aromatic rings. The SMILES string of the molecule is CO[C@@H]1[C@H](N(C)C(=O)c2cccc(OCCOCCC(=O)N[C@H](C(=O)N3C[C@H](O)C[C@H]3C(=O)NCc3ccc(-c4scnc4C)cc3)C(C)(C)C)c2)C[C@H]2O[C@]1(C)n1c3ccccc3c3c4c(c5c6ccccc6n2c5c31)C(=O)NC4. The highest BCUT2D eigenvalue weighted by Gasteiger charge is 2.55. The van der Waals surface area contributed by atoms with Gasteiger partial charge in [-0.05, 0) is 66.3 Å². The van der Waals surface area contributed by atoms with Crippen molar-refractivity contribution in [2.24, 2.45) is 5.41 Å². The summed E-state index contributed by atoms with van der Waals surface area (Å²) < 4.78 is 30.2. The fourth-order valence-corrected chi connectivity index (χ4v) is 13.8. The molecule has 0 radical (unpaired) electrons. The number of thiazole rings is 1. The summed E-state index contributed by atoms with van der Waals surface area (Å²) in [5.74, 6) is -1.10. The minimum absolute atomic E-state index is 0.0330. The highest BCUT2D eigenvalue weighted by Crippen LogP contribution is 2.54. The smallest absolute Gasteiger partial charge is 0.254 e. The number of nitrogens with one attached hydrogen (secondary N) is 3. The Morgan fingerprint density at radius 2 is 1.68 bits per heavy atom. The predicted molar refractivity (Wildman–Crippen MR) is 308 cm³/mol. The van der Waals surface area contributed by atoms with Crippen molar-refractivity contribution in [2.45, 2.75) is 109 Å². The van der Waals surface area contributed by atoms with Crippen molar-refractivity contribution in [3.8, 4) is 16.2 Å². The highest BCUT2D eigenvalue weighted by molar-refractivity contribution is 7.13. The molecule has 4 aliphatic rings. The van der Waals surface area contributed by atoms with Crippen LogP contribution in [0, 0.1) is 12.3 Å². The van der Waals surface area contributed by atoms with Gasteiger partial charge in [-0.25, -0.2) is 4.98 Å². The summed E-state index contributed by atoms with van der Waals surface area (Å²) in [6, 6.07) is 28.9. The number of nitrogens with zero attached hydrogens (tertiary/aromatic N) is 5. The van der Waals surface area contributed by atoms with E-state index in [0.29, 0.717) is 29.8 Å². The average Bonchev–Trinajstić information content (AvgIpc) is 2.58. The minimum atomic E-state index is -1.12. The van der Waals surface area contributed by atoms with Crippen molar-refractivity contribution in [2.75, 3.05) is 40.5 Å². The van der Waals surface area contributed by atoms with E-state index in [4.69, 9.17) is 18.9 Å². The first-order valence-electron chi connectivity index (χ1n) is 27.6. The third kappa shape index (κ3) is 9.28. The average molecular weight is 1120 g/mol. The Bertz CT molecular complexity index is 3820. The molecule has 0 spiro atoms. The van der Waals surface area contributed by atoms with E-state index in [9.17, 15) is 29.1 Å². The van der Waals surface area contributed by atoms with Crippen molar-refractivity contribution in [3.63, 3.8) is 0 Å². The van der Waals surface area contributed by atoms with E-state index in [1.807, 2.05) is 88.7 Å². The molecule has 12 rings (SSSR count). The molecule has 2 fully saturated rings. The van der Waals surface area contributed by atoms with E-state index >= 15 is 0 Å². The second-order valence-electron chi connectivity index (χ2n) is 22.9. The molecule has 2 saturated heterocycles. The number of aliphatic hydroxyl groups excluding tert-OH is 1. The molecule has 19 heteroatoms. The number of benzene rings is 5. The number of amides is 5. The van der Waals surface area contributed by atoms with Crippen LogP contribution in [0.15, 0.2) is 103 Å². The maximum atomic E-state index is 14.8. The number of aliphatic hydroxyl groups is 1. The number of hydrogen-bond donors (Lipinski definition) is 4. The van der Waals surface area contributed by atoms with Gasteiger partial charge < -0.3 is 58.9 Å². The number of carbonyl (C=O) groups excluding carboxylic acids is 5. The van der Waals surface area contributed by atoms with Gasteiger partial charge in [0.05, 0.1) is 69.1 Å². The van der Waals surface area contributed by atoms with Crippen LogP contribution >= 0.6 is 11.3 Å². The third-order valence-electron chi connectivity index (χ3n) is 16.8. The summed E-state index contributed by atoms with van der Waals surface area (Å²) in [4.78, 5) is 78.3. The molecule has 5 amide bonds. The van der Waals surface area contributed by atoms with Gasteiger partial charge in [0, 0.05) is 80.2 Å². The van der Waals surface area contributed by atoms with Gasteiger partial charge in [-0.3, -0.25) is 24.0 Å². The molecule has 4 N–H and O–H groups in total. The quantitative estimate of drug-likeness (QED) is 0.0684. The zero-order chi connectivity index (χ0) is 56.6. The number of likely N-dealkylation sites (N-methyl/N-ethyl adjacent to an activating group) is 1. The summed E-state index contributed by atoms with van der Waals surface area (Å²) in [6.07, 6.45) is -1.64. The Kier molecular flexibility index (Phi) is 14.0. The lowest BCUT2D eigenvalue weighted by atomic mass is 9.85. The summed E-state index contributed by atoms with van der Waals surface area (Å²) >= 11 is 1.57. The lowest BCUT2D eigenvalue weighted by Gasteiger charge is -2.50. The number of aromatic nitrogens is 3. The maximum Gasteiger partial charge on any atom is 0.254 e. The first kappa shape index (κ1) is 53.9. The van der Waals surface area contributed by atoms with Crippen molar-refractivity contribution in [1.29, 1.82) is 0 Å². The van der Waals surface area contributed by atoms with Crippen LogP contribution in [0.25, 0.3) is 54.1 Å². The van der Waals surface area contributed by atoms with Gasteiger partial charge in [-0.15, -0.1) is 11.3 Å². The molecule has 3 aromatic heterocycles. The van der Waals surface area contributed by atoms with E-state index in [-0.39, 0.29) is 63.5 Å². The first-order chi connectivity index (χ1) is 39.0. The molecule has 7 heterocycles. The molecule has 0 unspecified atom stereocenters. The number of ether oxygens (including phenoxy) is 4. The van der Waals surface area contributed by atoms with Gasteiger partial charge in [0.15, 0.2) is 5.72 Å². The molecule has 0 aliphatic carbocycles. The molecule has 7 atom stereocenters. The molecule has 5 aromatic carbocycles. The largest absolute Gasteiger partial charge is 0.491 e. The van der Waals surface area contributed by atoms with Gasteiger partial charge in [-0.1, -0.05) is 87.5 Å². The van der Waals surface area contributed by atoms with Crippen LogP contribution in [0.5, 0.6) is 5.75 Å². The normalized spacial score (nSPS) is 21.6. The van der Waals surface area contributed by atoms with Gasteiger partial charge in [0.1, 0.15) is 36.8 Å². The second-order valence-corrected chi connectivity index (χ2v) is 23.8. The van der Waals surface area contributed by atoms with Crippen molar-refractivity contribution in [1.82, 2.24) is 39.9 Å². The topological polar surface area (TPSA) is 208 Å².